The Balaban J connectivity index is 0.00000361. The average Bonchev–Trinajstić information content (AvgIpc) is 2.45. The van der Waals surface area contributed by atoms with Crippen molar-refractivity contribution < 1.29 is 9.53 Å². The monoisotopic (exact) mass is 299 g/mol. The molecule has 1 aromatic rings. The van der Waals surface area contributed by atoms with Gasteiger partial charge in [0.15, 0.2) is 5.78 Å². The van der Waals surface area contributed by atoms with Gasteiger partial charge in [-0.25, -0.2) is 0 Å². The number of likely N-dealkylation sites (N-methyl/N-ethyl adjacent to an activating group) is 1. The van der Waals surface area contributed by atoms with Gasteiger partial charge in [0.05, 0.1) is 13.2 Å². The van der Waals surface area contributed by atoms with Crippen LogP contribution in [0.15, 0.2) is 24.3 Å². The number of carbonyl (C=O) groups is 1. The van der Waals surface area contributed by atoms with E-state index in [9.17, 15) is 4.79 Å². The summed E-state index contributed by atoms with van der Waals surface area (Å²) >= 11 is 0. The van der Waals surface area contributed by atoms with Crippen molar-refractivity contribution in [1.82, 2.24) is 4.90 Å². The Labute approximate surface area is 128 Å². The number of ether oxygens (including phenoxy) is 1. The number of hydrogen-bond acceptors (Lipinski definition) is 3. The van der Waals surface area contributed by atoms with Crippen molar-refractivity contribution >= 4 is 18.2 Å². The molecule has 0 saturated heterocycles. The Morgan fingerprint density at radius 1 is 1.10 bits per heavy atom. The number of Topliss-reactive ketones (excluding diaryl/α,β-unsaturated/α-hetero) is 1. The van der Waals surface area contributed by atoms with Crippen molar-refractivity contribution in [3.63, 3.8) is 0 Å². The first-order valence-electron chi connectivity index (χ1n) is 7.19. The molecule has 3 nitrogen and oxygen atoms in total. The predicted molar refractivity (Wildman–Crippen MR) is 86.2 cm³/mol. The summed E-state index contributed by atoms with van der Waals surface area (Å²) in [6, 6.07) is 7.47. The van der Waals surface area contributed by atoms with E-state index in [1.807, 2.05) is 24.3 Å². The molecule has 4 heteroatoms. The number of unbranched alkanes of at least 4 members (excludes halogenated alkanes) is 1. The molecule has 0 amide bonds. The molecular weight excluding hydrogens is 274 g/mol. The standard InChI is InChI=1S/C16H25NO2.ClH/c1-4-7-12-19-15-10-8-14(9-11-15)16(18)13-17(5-2)6-3;/h8-11H,4-7,12-13H2,1-3H3;1H. The van der Waals surface area contributed by atoms with Gasteiger partial charge >= 0.3 is 0 Å². The zero-order valence-electron chi connectivity index (χ0n) is 12.7. The molecule has 0 N–H and O–H groups in total. The fourth-order valence-corrected chi connectivity index (χ4v) is 1.81. The Bertz CT molecular complexity index is 375. The Morgan fingerprint density at radius 2 is 1.70 bits per heavy atom. The van der Waals surface area contributed by atoms with Crippen molar-refractivity contribution in [2.75, 3.05) is 26.2 Å². The smallest absolute Gasteiger partial charge is 0.176 e. The average molecular weight is 300 g/mol. The van der Waals surface area contributed by atoms with Crippen LogP contribution in [0.1, 0.15) is 44.0 Å². The number of halogens is 1. The lowest BCUT2D eigenvalue weighted by atomic mass is 10.1. The van der Waals surface area contributed by atoms with E-state index in [0.717, 1.165) is 43.9 Å². The molecule has 20 heavy (non-hydrogen) atoms. The molecule has 1 rings (SSSR count). The maximum atomic E-state index is 12.1. The van der Waals surface area contributed by atoms with Gasteiger partial charge in [0.2, 0.25) is 0 Å². The molecule has 0 atom stereocenters. The molecule has 0 aromatic heterocycles. The Hall–Kier alpha value is -1.06. The molecule has 1 aromatic carbocycles. The fraction of sp³-hybridized carbons (Fsp3) is 0.562. The lowest BCUT2D eigenvalue weighted by Crippen LogP contribution is -2.29. The van der Waals surface area contributed by atoms with E-state index in [2.05, 4.69) is 25.7 Å². The zero-order chi connectivity index (χ0) is 14.1. The maximum Gasteiger partial charge on any atom is 0.176 e. The summed E-state index contributed by atoms with van der Waals surface area (Å²) in [5, 5.41) is 0. The van der Waals surface area contributed by atoms with Gasteiger partial charge in [-0.1, -0.05) is 27.2 Å². The summed E-state index contributed by atoms with van der Waals surface area (Å²) < 4.78 is 5.58. The summed E-state index contributed by atoms with van der Waals surface area (Å²) in [4.78, 5) is 14.2. The highest BCUT2D eigenvalue weighted by molar-refractivity contribution is 5.97. The van der Waals surface area contributed by atoms with Crippen LogP contribution in [0.2, 0.25) is 0 Å². The van der Waals surface area contributed by atoms with Crippen LogP contribution in [0.4, 0.5) is 0 Å². The third-order valence-electron chi connectivity index (χ3n) is 3.20. The van der Waals surface area contributed by atoms with E-state index in [4.69, 9.17) is 4.74 Å². The van der Waals surface area contributed by atoms with E-state index in [-0.39, 0.29) is 18.2 Å². The summed E-state index contributed by atoms with van der Waals surface area (Å²) in [5.74, 6) is 1.01. The maximum absolute atomic E-state index is 12.1. The van der Waals surface area contributed by atoms with Gasteiger partial charge in [-0.2, -0.15) is 0 Å². The van der Waals surface area contributed by atoms with Crippen LogP contribution in [0.25, 0.3) is 0 Å². The second-order valence-corrected chi connectivity index (χ2v) is 4.61. The van der Waals surface area contributed by atoms with Crippen LogP contribution >= 0.6 is 12.4 Å². The predicted octanol–water partition coefficient (Wildman–Crippen LogP) is 3.81. The van der Waals surface area contributed by atoms with Crippen molar-refractivity contribution in [2.45, 2.75) is 33.6 Å². The molecule has 0 aliphatic rings. The quantitative estimate of drug-likeness (QED) is 0.513. The summed E-state index contributed by atoms with van der Waals surface area (Å²) in [7, 11) is 0. The second kappa shape index (κ2) is 10.7. The third kappa shape index (κ3) is 6.40. The van der Waals surface area contributed by atoms with Gasteiger partial charge in [-0.3, -0.25) is 9.69 Å². The highest BCUT2D eigenvalue weighted by Crippen LogP contribution is 2.13. The number of rotatable bonds is 9. The number of carbonyl (C=O) groups excluding carboxylic acids is 1. The lowest BCUT2D eigenvalue weighted by molar-refractivity contribution is 0.0937. The van der Waals surface area contributed by atoms with Crippen LogP contribution in [-0.4, -0.2) is 36.9 Å². The SMILES string of the molecule is CCCCOc1ccc(C(=O)CN(CC)CC)cc1.Cl. The fourth-order valence-electron chi connectivity index (χ4n) is 1.81. The van der Waals surface area contributed by atoms with E-state index in [1.165, 1.54) is 0 Å². The molecule has 0 saturated carbocycles. The van der Waals surface area contributed by atoms with Gasteiger partial charge in [0.25, 0.3) is 0 Å². The van der Waals surface area contributed by atoms with Crippen molar-refractivity contribution in [3.05, 3.63) is 29.8 Å². The van der Waals surface area contributed by atoms with Gasteiger partial charge in [0.1, 0.15) is 5.75 Å². The number of hydrogen-bond donors (Lipinski definition) is 0. The third-order valence-corrected chi connectivity index (χ3v) is 3.20. The van der Waals surface area contributed by atoms with Crippen LogP contribution < -0.4 is 4.74 Å². The molecule has 0 radical (unpaired) electrons. The first-order valence-corrected chi connectivity index (χ1v) is 7.19. The van der Waals surface area contributed by atoms with Gasteiger partial charge < -0.3 is 4.74 Å². The number of benzene rings is 1. The van der Waals surface area contributed by atoms with Crippen molar-refractivity contribution in [1.29, 1.82) is 0 Å². The topological polar surface area (TPSA) is 29.5 Å². The van der Waals surface area contributed by atoms with Crippen LogP contribution in [-0.2, 0) is 0 Å². The van der Waals surface area contributed by atoms with E-state index in [0.29, 0.717) is 6.54 Å². The Morgan fingerprint density at radius 3 is 2.20 bits per heavy atom. The van der Waals surface area contributed by atoms with Gasteiger partial charge in [-0.05, 0) is 43.8 Å². The Kier molecular flexibility index (Phi) is 10.1. The van der Waals surface area contributed by atoms with Crippen molar-refractivity contribution in [2.24, 2.45) is 0 Å². The van der Waals surface area contributed by atoms with E-state index in [1.54, 1.807) is 0 Å². The molecule has 0 heterocycles. The van der Waals surface area contributed by atoms with Gasteiger partial charge in [0, 0.05) is 5.56 Å². The molecule has 0 aliphatic heterocycles. The normalized spacial score (nSPS) is 10.2. The van der Waals surface area contributed by atoms with Gasteiger partial charge in [-0.15, -0.1) is 12.4 Å². The summed E-state index contributed by atoms with van der Waals surface area (Å²) in [6.45, 7) is 9.31. The lowest BCUT2D eigenvalue weighted by Gasteiger charge is -2.16. The molecular formula is C16H26ClNO2. The van der Waals surface area contributed by atoms with Crippen LogP contribution in [0.5, 0.6) is 5.75 Å². The summed E-state index contributed by atoms with van der Waals surface area (Å²) in [6.07, 6.45) is 2.18. The number of ketones is 1. The second-order valence-electron chi connectivity index (χ2n) is 4.61. The summed E-state index contributed by atoms with van der Waals surface area (Å²) in [5.41, 5.74) is 0.759. The van der Waals surface area contributed by atoms with Crippen LogP contribution in [0.3, 0.4) is 0 Å². The first kappa shape index (κ1) is 18.9. The minimum atomic E-state index is 0. The highest BCUT2D eigenvalue weighted by atomic mass is 35.5. The van der Waals surface area contributed by atoms with Crippen molar-refractivity contribution in [3.8, 4) is 5.75 Å². The number of nitrogens with zero attached hydrogens (tertiary/aromatic N) is 1. The molecule has 0 unspecified atom stereocenters. The molecule has 0 spiro atoms. The molecule has 114 valence electrons. The first-order chi connectivity index (χ1) is 9.21. The largest absolute Gasteiger partial charge is 0.494 e. The van der Waals surface area contributed by atoms with E-state index >= 15 is 0 Å². The molecule has 0 bridgehead atoms. The zero-order valence-corrected chi connectivity index (χ0v) is 13.5. The minimum absolute atomic E-state index is 0. The van der Waals surface area contributed by atoms with E-state index < -0.39 is 0 Å². The van der Waals surface area contributed by atoms with Crippen LogP contribution in [0, 0.1) is 0 Å². The molecule has 0 aliphatic carbocycles. The molecule has 0 fully saturated rings. The minimum Gasteiger partial charge on any atom is -0.494 e. The highest BCUT2D eigenvalue weighted by Gasteiger charge is 2.09.